The molecule has 0 aromatic heterocycles. The van der Waals surface area contributed by atoms with Crippen LogP contribution in [-0.4, -0.2) is 134 Å². The van der Waals surface area contributed by atoms with Gasteiger partial charge in [0, 0.05) is 33.1 Å². The molecule has 8 N–H and O–H groups in total. The van der Waals surface area contributed by atoms with Crippen LogP contribution in [0.5, 0.6) is 0 Å². The number of rotatable bonds is 26. The number of amidine groups is 2. The molecular weight excluding hydrogens is 1660 g/mol. The van der Waals surface area contributed by atoms with E-state index in [9.17, 15) is 71.9 Å². The van der Waals surface area contributed by atoms with Crippen LogP contribution in [-0.2, 0) is 96.9 Å². The minimum Gasteiger partial charge on any atom is -0.443 e. The molecule has 3 saturated heterocycles. The summed E-state index contributed by atoms with van der Waals surface area (Å²) in [5, 5.41) is 14.7. The van der Waals surface area contributed by atoms with E-state index in [0.717, 1.165) is 17.7 Å². The van der Waals surface area contributed by atoms with E-state index in [1.807, 2.05) is 16.7 Å². The number of halogens is 14. The van der Waals surface area contributed by atoms with Crippen molar-refractivity contribution in [1.82, 2.24) is 31.4 Å². The predicted octanol–water partition coefficient (Wildman–Crippen LogP) is 8.48. The molecule has 632 valence electrons. The van der Waals surface area contributed by atoms with Crippen LogP contribution in [0.4, 0.5) is 57.5 Å². The number of hydrogen-bond donors (Lipinski definition) is 6. The molecule has 10 rings (SSSR count). The molecule has 40 heteroatoms. The minimum atomic E-state index is -4.64. The summed E-state index contributed by atoms with van der Waals surface area (Å²) in [6, 6.07) is 29.1. The smallest absolute Gasteiger partial charge is 0.443 e. The predicted molar refractivity (Wildman–Crippen MR) is 403 cm³/mol. The normalized spacial score (nSPS) is 19.2. The average molecular weight is 1760 g/mol. The Balaban J connectivity index is 0.000000417. The zero-order chi connectivity index (χ0) is 84.5. The van der Waals surface area contributed by atoms with Crippen LogP contribution in [0.3, 0.4) is 0 Å². The molecule has 0 aliphatic carbocycles. The van der Waals surface area contributed by atoms with Gasteiger partial charge in [0.25, 0.3) is 0 Å². The van der Waals surface area contributed by atoms with Crippen LogP contribution >= 0.6 is 24.0 Å². The third-order valence-electron chi connectivity index (χ3n) is 16.7. The summed E-state index contributed by atoms with van der Waals surface area (Å²) in [6.45, 7) is 10.5. The molecule has 6 aromatic rings. The second kappa shape index (κ2) is 53.9. The third kappa shape index (κ3) is 36.4. The van der Waals surface area contributed by atoms with Crippen molar-refractivity contribution >= 4 is 65.7 Å². The van der Waals surface area contributed by atoms with Crippen molar-refractivity contribution in [2.24, 2.45) is 26.8 Å². The molecule has 117 heavy (non-hydrogen) atoms. The number of ether oxygens (including phenoxy) is 7. The molecule has 6 aromatic carbocycles. The van der Waals surface area contributed by atoms with Crippen LogP contribution < -0.4 is 136 Å². The Hall–Kier alpha value is -5.78. The minimum absolute atomic E-state index is 0. The van der Waals surface area contributed by atoms with Crippen molar-refractivity contribution < 1.29 is 219 Å². The molecule has 0 bridgehead atoms. The van der Waals surface area contributed by atoms with Gasteiger partial charge < -0.3 is 64.1 Å². The first-order valence-corrected chi connectivity index (χ1v) is 35.8. The molecule has 0 radical (unpaired) electrons. The molecule has 3 amide bonds. The van der Waals surface area contributed by atoms with Crippen molar-refractivity contribution in [3.8, 4) is 0 Å². The zero-order valence-corrected chi connectivity index (χ0v) is 73.3. The van der Waals surface area contributed by atoms with Gasteiger partial charge >= 0.3 is 121 Å². The Morgan fingerprint density at radius 2 is 1.08 bits per heavy atom. The van der Waals surface area contributed by atoms with Crippen molar-refractivity contribution in [1.29, 1.82) is 0 Å². The van der Waals surface area contributed by atoms with E-state index < -0.39 is 124 Å². The summed E-state index contributed by atoms with van der Waals surface area (Å²) in [6.07, 6.45) is -10.9. The third-order valence-corrected chi connectivity index (χ3v) is 17.0. The first-order valence-electron chi connectivity index (χ1n) is 35.8. The number of alkyl halides is 9. The summed E-state index contributed by atoms with van der Waals surface area (Å²) < 4.78 is 204. The van der Waals surface area contributed by atoms with E-state index in [1.165, 1.54) is 61.5 Å². The largest absolute Gasteiger partial charge is 1.00 e. The number of carbonyl (C=O) groups is 4. The molecule has 4 aliphatic heterocycles. The summed E-state index contributed by atoms with van der Waals surface area (Å²) in [5.74, 6) is -1.18. The molecule has 9 atom stereocenters. The summed E-state index contributed by atoms with van der Waals surface area (Å²) in [7, 11) is 0. The number of amides is 3. The molecular formula is C77H92Cl2F12K2N11O13+. The van der Waals surface area contributed by atoms with Crippen LogP contribution in [0.25, 0.3) is 0 Å². The van der Waals surface area contributed by atoms with Gasteiger partial charge in [-0.05, 0) is 158 Å². The molecule has 4 aliphatic rings. The number of nitrogens with one attached hydrogen (secondary N) is 4. The first kappa shape index (κ1) is 104. The van der Waals surface area contributed by atoms with Crippen molar-refractivity contribution in [2.75, 3.05) is 58.4 Å². The maximum Gasteiger partial charge on any atom is 1.00 e. The number of nitrogens with zero attached hydrogens (tertiary/aromatic N) is 5. The van der Waals surface area contributed by atoms with Gasteiger partial charge in [0.15, 0.2) is 20.2 Å². The zero-order valence-electron chi connectivity index (χ0n) is 66.5. The van der Waals surface area contributed by atoms with Crippen molar-refractivity contribution in [3.05, 3.63) is 218 Å². The fraction of sp³-hybridized carbons (Fsp3) is 0.429. The molecule has 24 nitrogen and oxygen atoms in total. The number of hydrogen-bond acceptors (Lipinski definition) is 19. The maximum absolute atomic E-state index is 13.7. The molecule has 3 fully saturated rings. The van der Waals surface area contributed by atoms with E-state index in [2.05, 4.69) is 46.7 Å². The number of carbonyl (C=O) groups excluding carboxylic acids is 4. The molecule has 0 spiro atoms. The van der Waals surface area contributed by atoms with Gasteiger partial charge in [-0.15, -0.1) is 24.0 Å². The van der Waals surface area contributed by atoms with Crippen LogP contribution in [0.1, 0.15) is 159 Å². The summed E-state index contributed by atoms with van der Waals surface area (Å²) in [4.78, 5) is 53.4. The maximum atomic E-state index is 13.7. The standard InChI is InChI=1S/C27H35F3N4O4.C24H24F5N3O3.C20H22F3NO2.C4H8ClN3O.C2H2FO3.ClH.2K/c1-17(21-12-18(14-28)11-19(13-21)15-29)37-25-24(20-5-7-22(30)8-6-20)34(9-10-36-25)16-23(31)32-33-26(35)38-27(2,3)4;1-14(17-8-15(12-25)9-18(10-17)24(27,28)29)35-23-22(16-2-4-19(26)5-3-16)32(6-7-34-23)13-20-11-21(33)31-30-20;1-13(17-9-14(11-21)8-15(10-17)12-22)26-20-19(24-6-7-25-20)16-2-4-18(23)5-3-16;1-3(9)7-8-4(6)2-5;3-1-5-6-2-4;;;/h5-8,11-13,17,24-25H,9-10,14-16H2,1-4H3,(H2,31,32)(H,33,35);2-5,8-10,14,22-23H,6-7,11-13H2,1H3,(H,31,33);2-5,8-10,13,19-20,24H,6-7,11-12H2,1H3;2H2,1H3,(H2,6,8)(H,7,9);1-2H;1H;;/q;;;;-1;;2*+1/t17-,24+,25-;14-,22+,23-;13-,19+,20-;;;;;/m111...../s1/i;;;;2D;;;. The number of morpholine rings is 3. The number of hydrazone groups is 3. The molecule has 0 saturated carbocycles. The molecule has 4 heterocycles. The van der Waals surface area contributed by atoms with E-state index in [0.29, 0.717) is 89.6 Å². The van der Waals surface area contributed by atoms with Gasteiger partial charge in [-0.3, -0.25) is 24.2 Å². The van der Waals surface area contributed by atoms with Gasteiger partial charge in [-0.25, -0.2) is 56.2 Å². The summed E-state index contributed by atoms with van der Waals surface area (Å²) >= 11 is 5.23. The molecule has 0 unspecified atom stereocenters. The SMILES string of the molecule is CC(=O)N/N=C(\N)CCl.C[C@@H](O[C@H]1OCCN(C/C(N)=N/NC(=O)OC(C)(C)C)[C@H]1c1ccc(F)cc1)c1cc(CF)cc(CF)c1.C[C@@H](O[C@H]1OCCN(CC2=NNC(=O)C2)[C@H]1c1ccc(F)cc1)c1cc(CF)cc(C(F)(F)F)c1.C[C@@H](O[C@H]1OCCN[C@H]1c1ccc(F)cc1)c1cc(CF)cc(CF)c1.Cl.[2H]C(=O)OO[CH-]F.[K+].[K+]. The monoisotopic (exact) mass is 1760 g/mol. The van der Waals surface area contributed by atoms with E-state index >= 15 is 0 Å². The van der Waals surface area contributed by atoms with Crippen molar-refractivity contribution in [3.63, 3.8) is 0 Å². The first-order chi connectivity index (χ1) is 54.7. The fourth-order valence-electron chi connectivity index (χ4n) is 11.7. The van der Waals surface area contributed by atoms with Crippen LogP contribution in [0, 0.1) is 24.3 Å². The van der Waals surface area contributed by atoms with Crippen LogP contribution in [0.2, 0.25) is 0 Å². The Kier molecular flexibility index (Phi) is 47.7. The van der Waals surface area contributed by atoms with Gasteiger partial charge in [-0.2, -0.15) is 28.5 Å². The fourth-order valence-corrected chi connectivity index (χ4v) is 11.7. The number of nitrogens with two attached hydrogens (primary N) is 2. The van der Waals surface area contributed by atoms with Gasteiger partial charge in [0.2, 0.25) is 11.8 Å². The van der Waals surface area contributed by atoms with E-state index in [1.54, 1.807) is 95.3 Å². The Labute approximate surface area is 767 Å². The van der Waals surface area contributed by atoms with E-state index in [4.69, 9.17) is 57.6 Å². The van der Waals surface area contributed by atoms with Gasteiger partial charge in [0.05, 0.1) is 86.4 Å². The summed E-state index contributed by atoms with van der Waals surface area (Å²) in [5.41, 5.74) is 22.1. The van der Waals surface area contributed by atoms with Crippen molar-refractivity contribution in [2.45, 2.75) is 155 Å². The van der Waals surface area contributed by atoms with Gasteiger partial charge in [0.1, 0.15) is 68.1 Å². The quantitative estimate of drug-likeness (QED) is 0.00341. The van der Waals surface area contributed by atoms with E-state index in [-0.39, 0.29) is 194 Å². The Bertz CT molecular complexity index is 4150. The van der Waals surface area contributed by atoms with Gasteiger partial charge in [-0.1, -0.05) is 78.9 Å². The van der Waals surface area contributed by atoms with Crippen LogP contribution in [0.15, 0.2) is 143 Å². The Morgan fingerprint density at radius 3 is 1.48 bits per heavy atom. The number of benzene rings is 6. The Morgan fingerprint density at radius 1 is 0.658 bits per heavy atom. The second-order valence-corrected chi connectivity index (χ2v) is 26.9. The second-order valence-electron chi connectivity index (χ2n) is 26.6. The average Bonchev–Trinajstić information content (AvgIpc) is 0.988. The topological polar surface area (TPSA) is 295 Å².